The molecule has 0 bridgehead atoms. The van der Waals surface area contributed by atoms with E-state index in [9.17, 15) is 9.59 Å². The highest BCUT2D eigenvalue weighted by atomic mass is 16.2. The summed E-state index contributed by atoms with van der Waals surface area (Å²) < 4.78 is 0. The number of primary amides is 1. The molecule has 0 aromatic rings. The standard InChI is InChI=1S/C11H24N4O2/c1-4-15(5-2)7-8(3)14-11(17)9(12)6-10(13)16/h8-9H,4-7,12H2,1-3H3,(H2,13,16)(H,14,17). The van der Waals surface area contributed by atoms with Gasteiger partial charge in [-0.05, 0) is 20.0 Å². The lowest BCUT2D eigenvalue weighted by Crippen LogP contribution is -2.49. The predicted octanol–water partition coefficient (Wildman–Crippen LogP) is -0.964. The second-order valence-electron chi connectivity index (χ2n) is 4.17. The van der Waals surface area contributed by atoms with Crippen LogP contribution in [-0.4, -0.2) is 48.4 Å². The van der Waals surface area contributed by atoms with E-state index in [0.717, 1.165) is 19.6 Å². The first-order valence-electron chi connectivity index (χ1n) is 5.97. The minimum Gasteiger partial charge on any atom is -0.370 e. The van der Waals surface area contributed by atoms with Gasteiger partial charge in [0.25, 0.3) is 0 Å². The van der Waals surface area contributed by atoms with Crippen molar-refractivity contribution in [2.45, 2.75) is 39.3 Å². The molecule has 0 radical (unpaired) electrons. The number of carbonyl (C=O) groups is 2. The first-order chi connectivity index (χ1) is 7.90. The Hall–Kier alpha value is -1.14. The van der Waals surface area contributed by atoms with Crippen molar-refractivity contribution in [2.24, 2.45) is 11.5 Å². The Morgan fingerprint density at radius 1 is 1.29 bits per heavy atom. The summed E-state index contributed by atoms with van der Waals surface area (Å²) in [5.41, 5.74) is 10.5. The largest absolute Gasteiger partial charge is 0.370 e. The molecule has 6 heteroatoms. The molecule has 17 heavy (non-hydrogen) atoms. The molecule has 0 rings (SSSR count). The number of carbonyl (C=O) groups excluding carboxylic acids is 2. The van der Waals surface area contributed by atoms with Crippen molar-refractivity contribution in [1.29, 1.82) is 0 Å². The number of nitrogens with one attached hydrogen (secondary N) is 1. The number of likely N-dealkylation sites (N-methyl/N-ethyl adjacent to an activating group) is 1. The zero-order valence-electron chi connectivity index (χ0n) is 10.9. The Morgan fingerprint density at radius 3 is 2.24 bits per heavy atom. The molecule has 6 nitrogen and oxygen atoms in total. The van der Waals surface area contributed by atoms with Gasteiger partial charge in [0, 0.05) is 12.6 Å². The minimum absolute atomic E-state index is 0.00123. The van der Waals surface area contributed by atoms with Crippen LogP contribution in [0.4, 0.5) is 0 Å². The van der Waals surface area contributed by atoms with Gasteiger partial charge in [0.1, 0.15) is 0 Å². The van der Waals surface area contributed by atoms with Crippen LogP contribution in [0.2, 0.25) is 0 Å². The van der Waals surface area contributed by atoms with Crippen LogP contribution in [0.1, 0.15) is 27.2 Å². The van der Waals surface area contributed by atoms with Crippen molar-refractivity contribution in [1.82, 2.24) is 10.2 Å². The van der Waals surface area contributed by atoms with Crippen LogP contribution in [0, 0.1) is 0 Å². The number of amides is 2. The van der Waals surface area contributed by atoms with E-state index in [1.807, 2.05) is 6.92 Å². The first-order valence-corrected chi connectivity index (χ1v) is 5.97. The summed E-state index contributed by atoms with van der Waals surface area (Å²) in [6.45, 7) is 8.68. The summed E-state index contributed by atoms with van der Waals surface area (Å²) in [7, 11) is 0. The molecule has 0 aliphatic rings. The Morgan fingerprint density at radius 2 is 1.82 bits per heavy atom. The normalized spacial score (nSPS) is 14.4. The SMILES string of the molecule is CCN(CC)CC(C)NC(=O)C(N)CC(N)=O. The lowest BCUT2D eigenvalue weighted by atomic mass is 10.2. The van der Waals surface area contributed by atoms with Crippen LogP contribution in [0.25, 0.3) is 0 Å². The van der Waals surface area contributed by atoms with Gasteiger partial charge in [-0.2, -0.15) is 0 Å². The molecule has 0 fully saturated rings. The number of rotatable bonds is 8. The average molecular weight is 244 g/mol. The molecule has 0 spiro atoms. The van der Waals surface area contributed by atoms with Gasteiger partial charge in [-0.3, -0.25) is 9.59 Å². The fourth-order valence-electron chi connectivity index (χ4n) is 1.57. The van der Waals surface area contributed by atoms with Gasteiger partial charge < -0.3 is 21.7 Å². The molecule has 0 aromatic heterocycles. The Kier molecular flexibility index (Phi) is 7.49. The number of nitrogens with two attached hydrogens (primary N) is 2. The second-order valence-corrected chi connectivity index (χ2v) is 4.17. The molecule has 2 amide bonds. The molecule has 0 aliphatic carbocycles. The number of nitrogens with zero attached hydrogens (tertiary/aromatic N) is 1. The first kappa shape index (κ1) is 15.9. The molecule has 0 saturated carbocycles. The predicted molar refractivity (Wildman–Crippen MR) is 67.2 cm³/mol. The van der Waals surface area contributed by atoms with E-state index in [1.54, 1.807) is 0 Å². The second kappa shape index (κ2) is 8.03. The van der Waals surface area contributed by atoms with E-state index in [-0.39, 0.29) is 18.4 Å². The van der Waals surface area contributed by atoms with Crippen molar-refractivity contribution in [3.8, 4) is 0 Å². The summed E-state index contributed by atoms with van der Waals surface area (Å²) in [6.07, 6.45) is -0.121. The maximum atomic E-state index is 11.6. The van der Waals surface area contributed by atoms with Gasteiger partial charge in [0.15, 0.2) is 0 Å². The third-order valence-electron chi connectivity index (χ3n) is 2.57. The van der Waals surface area contributed by atoms with Crippen LogP contribution in [0.5, 0.6) is 0 Å². The smallest absolute Gasteiger partial charge is 0.237 e. The van der Waals surface area contributed by atoms with Gasteiger partial charge in [0.05, 0.1) is 12.5 Å². The van der Waals surface area contributed by atoms with Crippen molar-refractivity contribution in [3.63, 3.8) is 0 Å². The van der Waals surface area contributed by atoms with Crippen molar-refractivity contribution < 1.29 is 9.59 Å². The molecular formula is C11H24N4O2. The zero-order chi connectivity index (χ0) is 13.4. The van der Waals surface area contributed by atoms with E-state index < -0.39 is 11.9 Å². The summed E-state index contributed by atoms with van der Waals surface area (Å²) >= 11 is 0. The third kappa shape index (κ3) is 6.91. The summed E-state index contributed by atoms with van der Waals surface area (Å²) in [5.74, 6) is -0.896. The number of hydrogen-bond acceptors (Lipinski definition) is 4. The van der Waals surface area contributed by atoms with E-state index in [1.165, 1.54) is 0 Å². The highest BCUT2D eigenvalue weighted by Crippen LogP contribution is 1.94. The minimum atomic E-state index is -0.855. The van der Waals surface area contributed by atoms with Crippen LogP contribution < -0.4 is 16.8 Å². The molecule has 0 aliphatic heterocycles. The van der Waals surface area contributed by atoms with E-state index in [2.05, 4.69) is 24.1 Å². The summed E-state index contributed by atoms with van der Waals surface area (Å²) in [6, 6.07) is -0.854. The lowest BCUT2D eigenvalue weighted by molar-refractivity contribution is -0.126. The molecule has 5 N–H and O–H groups in total. The van der Waals surface area contributed by atoms with Crippen molar-refractivity contribution in [2.75, 3.05) is 19.6 Å². The molecule has 0 saturated heterocycles. The molecule has 0 heterocycles. The van der Waals surface area contributed by atoms with E-state index >= 15 is 0 Å². The molecule has 2 unspecified atom stereocenters. The summed E-state index contributed by atoms with van der Waals surface area (Å²) in [4.78, 5) is 24.4. The quantitative estimate of drug-likeness (QED) is 0.511. The maximum Gasteiger partial charge on any atom is 0.237 e. The average Bonchev–Trinajstić information content (AvgIpc) is 2.24. The maximum absolute atomic E-state index is 11.6. The van der Waals surface area contributed by atoms with Crippen LogP contribution in [-0.2, 0) is 9.59 Å². The highest BCUT2D eigenvalue weighted by Gasteiger charge is 2.18. The topological polar surface area (TPSA) is 101 Å². The lowest BCUT2D eigenvalue weighted by Gasteiger charge is -2.24. The van der Waals surface area contributed by atoms with Gasteiger partial charge >= 0.3 is 0 Å². The van der Waals surface area contributed by atoms with Crippen molar-refractivity contribution >= 4 is 11.8 Å². The Bertz CT molecular complexity index is 254. The Labute approximate surface area is 103 Å². The van der Waals surface area contributed by atoms with E-state index in [4.69, 9.17) is 11.5 Å². The van der Waals surface area contributed by atoms with Gasteiger partial charge in [0.2, 0.25) is 11.8 Å². The third-order valence-corrected chi connectivity index (χ3v) is 2.57. The Balaban J connectivity index is 4.06. The molecule has 0 aromatic carbocycles. The van der Waals surface area contributed by atoms with Crippen LogP contribution >= 0.6 is 0 Å². The van der Waals surface area contributed by atoms with Gasteiger partial charge in [-0.15, -0.1) is 0 Å². The van der Waals surface area contributed by atoms with Crippen LogP contribution in [0.15, 0.2) is 0 Å². The van der Waals surface area contributed by atoms with Crippen molar-refractivity contribution in [3.05, 3.63) is 0 Å². The summed E-state index contributed by atoms with van der Waals surface area (Å²) in [5, 5.41) is 2.77. The molecule has 100 valence electrons. The fourth-order valence-corrected chi connectivity index (χ4v) is 1.57. The highest BCUT2D eigenvalue weighted by molar-refractivity contribution is 5.87. The monoisotopic (exact) mass is 244 g/mol. The zero-order valence-corrected chi connectivity index (χ0v) is 10.9. The fraction of sp³-hybridized carbons (Fsp3) is 0.818. The van der Waals surface area contributed by atoms with Gasteiger partial charge in [-0.1, -0.05) is 13.8 Å². The molecular weight excluding hydrogens is 220 g/mol. The number of hydrogen-bond donors (Lipinski definition) is 3. The van der Waals surface area contributed by atoms with Gasteiger partial charge in [-0.25, -0.2) is 0 Å². The molecule has 2 atom stereocenters. The van der Waals surface area contributed by atoms with E-state index in [0.29, 0.717) is 0 Å². The van der Waals surface area contributed by atoms with Crippen LogP contribution in [0.3, 0.4) is 0 Å².